The van der Waals surface area contributed by atoms with Crippen molar-refractivity contribution in [1.29, 1.82) is 0 Å². The number of hydrogen-bond acceptors (Lipinski definition) is 2. The Labute approximate surface area is 69.2 Å². The minimum atomic E-state index is -0.168. The fourth-order valence-corrected chi connectivity index (χ4v) is 0.997. The second-order valence-corrected chi connectivity index (χ2v) is 3.06. The van der Waals surface area contributed by atoms with Crippen LogP contribution in [0.3, 0.4) is 0 Å². The van der Waals surface area contributed by atoms with Gasteiger partial charge in [0.1, 0.15) is 0 Å². The van der Waals surface area contributed by atoms with Crippen LogP contribution >= 0.6 is 0 Å². The molecule has 0 aliphatic heterocycles. The molecule has 2 atom stereocenters. The summed E-state index contributed by atoms with van der Waals surface area (Å²) in [6.45, 7) is 3.95. The zero-order valence-corrected chi connectivity index (χ0v) is 7.58. The lowest BCUT2D eigenvalue weighted by Gasteiger charge is -2.09. The zero-order chi connectivity index (χ0) is 8.69. The van der Waals surface area contributed by atoms with E-state index >= 15 is 0 Å². The maximum atomic E-state index is 9.16. The Hall–Kier alpha value is -0.0800. The molecular formula is C9H20O2. The third-order valence-corrected chi connectivity index (χ3v) is 2.02. The Morgan fingerprint density at radius 3 is 1.55 bits per heavy atom. The average molecular weight is 160 g/mol. The first kappa shape index (κ1) is 10.9. The van der Waals surface area contributed by atoms with Gasteiger partial charge in [-0.15, -0.1) is 0 Å². The molecule has 2 heteroatoms. The third kappa shape index (κ3) is 6.32. The third-order valence-electron chi connectivity index (χ3n) is 2.02. The van der Waals surface area contributed by atoms with Gasteiger partial charge in [0.05, 0.1) is 12.2 Å². The van der Waals surface area contributed by atoms with E-state index < -0.39 is 0 Å². The molecule has 0 amide bonds. The highest BCUT2D eigenvalue weighted by Crippen LogP contribution is 2.07. The summed E-state index contributed by atoms with van der Waals surface area (Å²) in [4.78, 5) is 0. The molecule has 0 unspecified atom stereocenters. The van der Waals surface area contributed by atoms with Gasteiger partial charge in [-0.1, -0.05) is 13.8 Å². The first-order valence-corrected chi connectivity index (χ1v) is 4.56. The first-order chi connectivity index (χ1) is 5.20. The number of hydrogen-bond donors (Lipinski definition) is 2. The van der Waals surface area contributed by atoms with Crippen LogP contribution in [-0.2, 0) is 0 Å². The van der Waals surface area contributed by atoms with Gasteiger partial charge < -0.3 is 10.2 Å². The van der Waals surface area contributed by atoms with E-state index in [2.05, 4.69) is 0 Å². The molecule has 0 rings (SSSR count). The molecule has 0 radical (unpaired) electrons. The lowest BCUT2D eigenvalue weighted by molar-refractivity contribution is 0.130. The topological polar surface area (TPSA) is 40.5 Å². The van der Waals surface area contributed by atoms with Crippen molar-refractivity contribution in [3.05, 3.63) is 0 Å². The number of aliphatic hydroxyl groups excluding tert-OH is 2. The minimum Gasteiger partial charge on any atom is -0.393 e. The maximum absolute atomic E-state index is 9.16. The van der Waals surface area contributed by atoms with E-state index in [0.717, 1.165) is 32.1 Å². The van der Waals surface area contributed by atoms with Crippen molar-refractivity contribution in [3.8, 4) is 0 Å². The van der Waals surface area contributed by atoms with Gasteiger partial charge in [0.2, 0.25) is 0 Å². The Balaban J connectivity index is 3.13. The molecule has 68 valence electrons. The predicted molar refractivity (Wildman–Crippen MR) is 46.4 cm³/mol. The van der Waals surface area contributed by atoms with Crippen LogP contribution in [0, 0.1) is 0 Å². The average Bonchev–Trinajstić information content (AvgIpc) is 2.04. The highest BCUT2D eigenvalue weighted by atomic mass is 16.3. The molecule has 0 aliphatic carbocycles. The number of rotatable bonds is 6. The molecule has 11 heavy (non-hydrogen) atoms. The molecule has 0 aromatic carbocycles. The van der Waals surface area contributed by atoms with Gasteiger partial charge in [-0.25, -0.2) is 0 Å². The van der Waals surface area contributed by atoms with Crippen LogP contribution < -0.4 is 0 Å². The van der Waals surface area contributed by atoms with Crippen molar-refractivity contribution in [2.24, 2.45) is 0 Å². The lowest BCUT2D eigenvalue weighted by Crippen LogP contribution is -2.08. The molecule has 0 aromatic heterocycles. The Kier molecular flexibility index (Phi) is 6.57. The first-order valence-electron chi connectivity index (χ1n) is 4.56. The normalized spacial score (nSPS) is 16.4. The van der Waals surface area contributed by atoms with Crippen molar-refractivity contribution in [2.45, 2.75) is 58.2 Å². The predicted octanol–water partition coefficient (Wildman–Crippen LogP) is 1.70. The fraction of sp³-hybridized carbons (Fsp3) is 1.00. The summed E-state index contributed by atoms with van der Waals surface area (Å²) in [6, 6.07) is 0. The summed E-state index contributed by atoms with van der Waals surface area (Å²) in [5.41, 5.74) is 0. The number of aliphatic hydroxyl groups is 2. The second-order valence-electron chi connectivity index (χ2n) is 3.06. The van der Waals surface area contributed by atoms with E-state index in [0.29, 0.717) is 0 Å². The standard InChI is InChI=1S/C9H20O2/c1-3-8(10)6-5-7-9(11)4-2/h8-11H,3-7H2,1-2H3/t8-,9-/m1/s1. The van der Waals surface area contributed by atoms with E-state index in [1.807, 2.05) is 13.8 Å². The molecule has 2 nitrogen and oxygen atoms in total. The smallest absolute Gasteiger partial charge is 0.0537 e. The van der Waals surface area contributed by atoms with Gasteiger partial charge in [0.25, 0.3) is 0 Å². The Morgan fingerprint density at radius 2 is 1.27 bits per heavy atom. The molecule has 0 aliphatic rings. The zero-order valence-electron chi connectivity index (χ0n) is 7.58. The fourth-order valence-electron chi connectivity index (χ4n) is 0.997. The summed E-state index contributed by atoms with van der Waals surface area (Å²) in [7, 11) is 0. The van der Waals surface area contributed by atoms with E-state index in [9.17, 15) is 0 Å². The van der Waals surface area contributed by atoms with Crippen LogP contribution in [0.5, 0.6) is 0 Å². The van der Waals surface area contributed by atoms with Gasteiger partial charge >= 0.3 is 0 Å². The quantitative estimate of drug-likeness (QED) is 0.621. The van der Waals surface area contributed by atoms with Crippen molar-refractivity contribution < 1.29 is 10.2 Å². The molecule has 0 heterocycles. The maximum Gasteiger partial charge on any atom is 0.0537 e. The van der Waals surface area contributed by atoms with Crippen LogP contribution in [0.1, 0.15) is 46.0 Å². The molecule has 2 N–H and O–H groups in total. The molecule has 0 aromatic rings. The van der Waals surface area contributed by atoms with E-state index in [4.69, 9.17) is 10.2 Å². The van der Waals surface area contributed by atoms with Crippen LogP contribution in [0.4, 0.5) is 0 Å². The van der Waals surface area contributed by atoms with Crippen molar-refractivity contribution in [2.75, 3.05) is 0 Å². The highest BCUT2D eigenvalue weighted by Gasteiger charge is 2.03. The van der Waals surface area contributed by atoms with E-state index in [1.54, 1.807) is 0 Å². The van der Waals surface area contributed by atoms with E-state index in [1.165, 1.54) is 0 Å². The molecule has 0 bridgehead atoms. The second kappa shape index (κ2) is 6.62. The van der Waals surface area contributed by atoms with Crippen molar-refractivity contribution in [1.82, 2.24) is 0 Å². The van der Waals surface area contributed by atoms with Crippen molar-refractivity contribution >= 4 is 0 Å². The van der Waals surface area contributed by atoms with Crippen LogP contribution in [0.2, 0.25) is 0 Å². The minimum absolute atomic E-state index is 0.168. The summed E-state index contributed by atoms with van der Waals surface area (Å²) in [5, 5.41) is 18.3. The summed E-state index contributed by atoms with van der Waals surface area (Å²) < 4.78 is 0. The van der Waals surface area contributed by atoms with Gasteiger partial charge in [-0.2, -0.15) is 0 Å². The lowest BCUT2D eigenvalue weighted by atomic mass is 10.1. The largest absolute Gasteiger partial charge is 0.393 e. The van der Waals surface area contributed by atoms with Crippen LogP contribution in [0.25, 0.3) is 0 Å². The van der Waals surface area contributed by atoms with Gasteiger partial charge in [-0.05, 0) is 32.1 Å². The van der Waals surface area contributed by atoms with Gasteiger partial charge in [0, 0.05) is 0 Å². The van der Waals surface area contributed by atoms with Gasteiger partial charge in [0.15, 0.2) is 0 Å². The van der Waals surface area contributed by atoms with E-state index in [-0.39, 0.29) is 12.2 Å². The molecule has 0 spiro atoms. The Bertz CT molecular complexity index is 73.6. The Morgan fingerprint density at radius 1 is 0.909 bits per heavy atom. The SMILES string of the molecule is CC[C@@H](O)CCC[C@H](O)CC. The molecule has 0 saturated heterocycles. The van der Waals surface area contributed by atoms with Crippen molar-refractivity contribution in [3.63, 3.8) is 0 Å². The van der Waals surface area contributed by atoms with Crippen LogP contribution in [-0.4, -0.2) is 22.4 Å². The monoisotopic (exact) mass is 160 g/mol. The summed E-state index contributed by atoms with van der Waals surface area (Å²) in [6.07, 6.45) is 3.90. The highest BCUT2D eigenvalue weighted by molar-refractivity contribution is 4.57. The molecular weight excluding hydrogens is 140 g/mol. The molecule has 0 saturated carbocycles. The van der Waals surface area contributed by atoms with Crippen LogP contribution in [0.15, 0.2) is 0 Å². The van der Waals surface area contributed by atoms with Gasteiger partial charge in [-0.3, -0.25) is 0 Å². The summed E-state index contributed by atoms with van der Waals surface area (Å²) >= 11 is 0. The summed E-state index contributed by atoms with van der Waals surface area (Å²) in [5.74, 6) is 0. The molecule has 0 fully saturated rings.